The second-order valence-electron chi connectivity index (χ2n) is 3.44. The molecule has 1 unspecified atom stereocenters. The SMILES string of the molecule is CC(NCc1ccco1)c1ccccn1. The van der Waals surface area contributed by atoms with Crippen molar-refractivity contribution in [3.8, 4) is 0 Å². The second-order valence-corrected chi connectivity index (χ2v) is 3.44. The third kappa shape index (κ3) is 2.67. The normalized spacial score (nSPS) is 12.6. The van der Waals surface area contributed by atoms with Gasteiger partial charge in [0.05, 0.1) is 18.5 Å². The van der Waals surface area contributed by atoms with Crippen LogP contribution in [-0.2, 0) is 6.54 Å². The van der Waals surface area contributed by atoms with Crippen molar-refractivity contribution < 1.29 is 4.42 Å². The maximum absolute atomic E-state index is 5.24. The Labute approximate surface area is 89.1 Å². The van der Waals surface area contributed by atoms with Crippen LogP contribution in [-0.4, -0.2) is 4.98 Å². The first-order chi connectivity index (χ1) is 7.36. The lowest BCUT2D eigenvalue weighted by molar-refractivity contribution is 0.457. The highest BCUT2D eigenvalue weighted by atomic mass is 16.3. The van der Waals surface area contributed by atoms with Crippen molar-refractivity contribution in [2.45, 2.75) is 19.5 Å². The van der Waals surface area contributed by atoms with Crippen LogP contribution in [0.25, 0.3) is 0 Å². The number of hydrogen-bond donors (Lipinski definition) is 1. The monoisotopic (exact) mass is 202 g/mol. The van der Waals surface area contributed by atoms with Gasteiger partial charge in [0.15, 0.2) is 0 Å². The van der Waals surface area contributed by atoms with E-state index in [-0.39, 0.29) is 6.04 Å². The molecule has 15 heavy (non-hydrogen) atoms. The Bertz CT molecular complexity index is 383. The average molecular weight is 202 g/mol. The summed E-state index contributed by atoms with van der Waals surface area (Å²) in [6.07, 6.45) is 3.49. The van der Waals surface area contributed by atoms with Gasteiger partial charge in [-0.3, -0.25) is 4.98 Å². The summed E-state index contributed by atoms with van der Waals surface area (Å²) in [5, 5.41) is 3.35. The van der Waals surface area contributed by atoms with E-state index in [0.29, 0.717) is 0 Å². The van der Waals surface area contributed by atoms with Crippen molar-refractivity contribution in [2.24, 2.45) is 0 Å². The molecule has 3 nitrogen and oxygen atoms in total. The summed E-state index contributed by atoms with van der Waals surface area (Å²) < 4.78 is 5.24. The predicted octanol–water partition coefficient (Wildman–Crippen LogP) is 2.53. The van der Waals surface area contributed by atoms with E-state index in [2.05, 4.69) is 17.2 Å². The third-order valence-electron chi connectivity index (χ3n) is 2.29. The highest BCUT2D eigenvalue weighted by molar-refractivity contribution is 5.08. The van der Waals surface area contributed by atoms with Crippen LogP contribution in [0.5, 0.6) is 0 Å². The molecule has 2 aromatic rings. The van der Waals surface area contributed by atoms with Gasteiger partial charge >= 0.3 is 0 Å². The summed E-state index contributed by atoms with van der Waals surface area (Å²) in [6, 6.07) is 10.0. The van der Waals surface area contributed by atoms with Gasteiger partial charge < -0.3 is 9.73 Å². The van der Waals surface area contributed by atoms with Crippen LogP contribution in [0.3, 0.4) is 0 Å². The first kappa shape index (κ1) is 9.93. The van der Waals surface area contributed by atoms with Gasteiger partial charge in [-0.05, 0) is 31.2 Å². The molecule has 0 radical (unpaired) electrons. The molecule has 1 atom stereocenters. The van der Waals surface area contributed by atoms with Gasteiger partial charge in [-0.2, -0.15) is 0 Å². The number of aromatic nitrogens is 1. The number of nitrogens with zero attached hydrogens (tertiary/aromatic N) is 1. The zero-order chi connectivity index (χ0) is 10.5. The van der Waals surface area contributed by atoms with Crippen LogP contribution >= 0.6 is 0 Å². The molecule has 2 aromatic heterocycles. The van der Waals surface area contributed by atoms with E-state index in [1.165, 1.54) is 0 Å². The molecule has 0 aliphatic heterocycles. The van der Waals surface area contributed by atoms with Gasteiger partial charge in [0.1, 0.15) is 5.76 Å². The number of pyridine rings is 1. The van der Waals surface area contributed by atoms with Crippen LogP contribution in [0.4, 0.5) is 0 Å². The third-order valence-corrected chi connectivity index (χ3v) is 2.29. The van der Waals surface area contributed by atoms with Crippen molar-refractivity contribution in [1.29, 1.82) is 0 Å². The van der Waals surface area contributed by atoms with Gasteiger partial charge in [0.25, 0.3) is 0 Å². The standard InChI is InChI=1S/C12H14N2O/c1-10(12-6-2-3-7-13-12)14-9-11-5-4-8-15-11/h2-8,10,14H,9H2,1H3. The highest BCUT2D eigenvalue weighted by Gasteiger charge is 2.05. The minimum Gasteiger partial charge on any atom is -0.468 e. The van der Waals surface area contributed by atoms with E-state index >= 15 is 0 Å². The Morgan fingerprint density at radius 1 is 1.33 bits per heavy atom. The van der Waals surface area contributed by atoms with Crippen molar-refractivity contribution in [3.63, 3.8) is 0 Å². The van der Waals surface area contributed by atoms with Crippen molar-refractivity contribution in [1.82, 2.24) is 10.3 Å². The molecule has 3 heteroatoms. The highest BCUT2D eigenvalue weighted by Crippen LogP contribution is 2.09. The van der Waals surface area contributed by atoms with Crippen LogP contribution in [0.2, 0.25) is 0 Å². The summed E-state index contributed by atoms with van der Waals surface area (Å²) >= 11 is 0. The summed E-state index contributed by atoms with van der Waals surface area (Å²) in [4.78, 5) is 4.29. The Hall–Kier alpha value is -1.61. The molecule has 0 fully saturated rings. The number of rotatable bonds is 4. The smallest absolute Gasteiger partial charge is 0.117 e. The summed E-state index contributed by atoms with van der Waals surface area (Å²) in [7, 11) is 0. The Kier molecular flexibility index (Phi) is 3.15. The minimum atomic E-state index is 0.233. The van der Waals surface area contributed by atoms with Crippen molar-refractivity contribution in [2.75, 3.05) is 0 Å². The molecular formula is C12H14N2O. The molecule has 0 spiro atoms. The van der Waals surface area contributed by atoms with Gasteiger partial charge in [-0.15, -0.1) is 0 Å². The first-order valence-corrected chi connectivity index (χ1v) is 5.03. The molecule has 0 amide bonds. The molecule has 2 heterocycles. The molecule has 78 valence electrons. The molecule has 0 bridgehead atoms. The number of nitrogens with one attached hydrogen (secondary N) is 1. The van der Waals surface area contributed by atoms with E-state index in [1.807, 2.05) is 30.3 Å². The van der Waals surface area contributed by atoms with E-state index in [1.54, 1.807) is 12.5 Å². The lowest BCUT2D eigenvalue weighted by Crippen LogP contribution is -2.18. The molecule has 0 aliphatic carbocycles. The molecule has 2 rings (SSSR count). The van der Waals surface area contributed by atoms with E-state index < -0.39 is 0 Å². The second kappa shape index (κ2) is 4.75. The maximum Gasteiger partial charge on any atom is 0.117 e. The van der Waals surface area contributed by atoms with E-state index in [4.69, 9.17) is 4.42 Å². The molecule has 0 aliphatic rings. The van der Waals surface area contributed by atoms with Crippen molar-refractivity contribution in [3.05, 3.63) is 54.2 Å². The average Bonchev–Trinajstić information content (AvgIpc) is 2.80. The quantitative estimate of drug-likeness (QED) is 0.827. The maximum atomic E-state index is 5.24. The molecule has 0 saturated carbocycles. The molecule has 1 N–H and O–H groups in total. The predicted molar refractivity (Wildman–Crippen MR) is 58.2 cm³/mol. The Morgan fingerprint density at radius 2 is 2.27 bits per heavy atom. The van der Waals surface area contributed by atoms with Gasteiger partial charge in [0, 0.05) is 12.2 Å². The van der Waals surface area contributed by atoms with Gasteiger partial charge in [0.2, 0.25) is 0 Å². The fraction of sp³-hybridized carbons (Fsp3) is 0.250. The largest absolute Gasteiger partial charge is 0.468 e. The summed E-state index contributed by atoms with van der Waals surface area (Å²) in [6.45, 7) is 2.82. The zero-order valence-electron chi connectivity index (χ0n) is 8.68. The van der Waals surface area contributed by atoms with Crippen LogP contribution in [0.1, 0.15) is 24.4 Å². The van der Waals surface area contributed by atoms with Gasteiger partial charge in [-0.25, -0.2) is 0 Å². The molecular weight excluding hydrogens is 188 g/mol. The molecule has 0 saturated heterocycles. The number of furan rings is 1. The van der Waals surface area contributed by atoms with Gasteiger partial charge in [-0.1, -0.05) is 6.07 Å². The van der Waals surface area contributed by atoms with Crippen molar-refractivity contribution >= 4 is 0 Å². The Balaban J connectivity index is 1.90. The summed E-state index contributed by atoms with van der Waals surface area (Å²) in [5.74, 6) is 0.942. The fourth-order valence-electron chi connectivity index (χ4n) is 1.40. The lowest BCUT2D eigenvalue weighted by atomic mass is 10.2. The molecule has 0 aromatic carbocycles. The lowest BCUT2D eigenvalue weighted by Gasteiger charge is -2.11. The summed E-state index contributed by atoms with van der Waals surface area (Å²) in [5.41, 5.74) is 1.05. The number of hydrogen-bond acceptors (Lipinski definition) is 3. The van der Waals surface area contributed by atoms with E-state index in [9.17, 15) is 0 Å². The van der Waals surface area contributed by atoms with Crippen LogP contribution in [0.15, 0.2) is 47.2 Å². The first-order valence-electron chi connectivity index (χ1n) is 5.03. The minimum absolute atomic E-state index is 0.233. The fourth-order valence-corrected chi connectivity index (χ4v) is 1.40. The Morgan fingerprint density at radius 3 is 2.93 bits per heavy atom. The topological polar surface area (TPSA) is 38.1 Å². The zero-order valence-corrected chi connectivity index (χ0v) is 8.68. The van der Waals surface area contributed by atoms with E-state index in [0.717, 1.165) is 18.0 Å². The van der Waals surface area contributed by atoms with Crippen LogP contribution < -0.4 is 5.32 Å². The van der Waals surface area contributed by atoms with Crippen LogP contribution in [0, 0.1) is 0 Å².